The van der Waals surface area contributed by atoms with Crippen molar-refractivity contribution in [3.8, 4) is 5.75 Å². The summed E-state index contributed by atoms with van der Waals surface area (Å²) in [5.74, 6) is 1.75. The van der Waals surface area contributed by atoms with Crippen LogP contribution in [0.5, 0.6) is 5.75 Å². The molecule has 1 atom stereocenters. The van der Waals surface area contributed by atoms with Crippen LogP contribution in [0.4, 0.5) is 16.3 Å². The SMILES string of the molecule is CCOc1ccc(NC(=O)N[C@H]2CCN(c3ccccn3)C2)cc1. The van der Waals surface area contributed by atoms with E-state index in [9.17, 15) is 4.79 Å². The fourth-order valence-electron chi connectivity index (χ4n) is 2.78. The third-order valence-corrected chi connectivity index (χ3v) is 3.92. The van der Waals surface area contributed by atoms with Gasteiger partial charge in [-0.15, -0.1) is 0 Å². The Morgan fingerprint density at radius 2 is 2.12 bits per heavy atom. The third kappa shape index (κ3) is 4.16. The molecule has 0 aliphatic carbocycles. The lowest BCUT2D eigenvalue weighted by atomic mass is 10.2. The van der Waals surface area contributed by atoms with Gasteiger partial charge in [-0.1, -0.05) is 6.07 Å². The number of pyridine rings is 1. The predicted molar refractivity (Wildman–Crippen MR) is 94.6 cm³/mol. The smallest absolute Gasteiger partial charge is 0.319 e. The Morgan fingerprint density at radius 3 is 2.83 bits per heavy atom. The van der Waals surface area contributed by atoms with Crippen molar-refractivity contribution >= 4 is 17.5 Å². The molecule has 0 unspecified atom stereocenters. The van der Waals surface area contributed by atoms with Crippen LogP contribution in [0.25, 0.3) is 0 Å². The summed E-state index contributed by atoms with van der Waals surface area (Å²) in [6, 6.07) is 13.2. The highest BCUT2D eigenvalue weighted by Gasteiger charge is 2.24. The number of carbonyl (C=O) groups is 1. The number of hydrogen-bond acceptors (Lipinski definition) is 4. The first-order chi connectivity index (χ1) is 11.7. The Hall–Kier alpha value is -2.76. The van der Waals surface area contributed by atoms with Crippen molar-refractivity contribution in [3.63, 3.8) is 0 Å². The average Bonchev–Trinajstić information content (AvgIpc) is 3.06. The number of nitrogens with zero attached hydrogens (tertiary/aromatic N) is 2. The first kappa shape index (κ1) is 16.1. The molecule has 1 aliphatic rings. The molecule has 0 spiro atoms. The van der Waals surface area contributed by atoms with Gasteiger partial charge in [0.15, 0.2) is 0 Å². The lowest BCUT2D eigenvalue weighted by molar-refractivity contribution is 0.249. The summed E-state index contributed by atoms with van der Waals surface area (Å²) in [5.41, 5.74) is 0.746. The van der Waals surface area contributed by atoms with Crippen LogP contribution >= 0.6 is 0 Å². The highest BCUT2D eigenvalue weighted by molar-refractivity contribution is 5.89. The van der Waals surface area contributed by atoms with E-state index in [0.29, 0.717) is 6.61 Å². The molecule has 0 saturated carbocycles. The first-order valence-electron chi connectivity index (χ1n) is 8.21. The summed E-state index contributed by atoms with van der Waals surface area (Å²) in [6.07, 6.45) is 2.70. The molecule has 1 aromatic carbocycles. The summed E-state index contributed by atoms with van der Waals surface area (Å²) >= 11 is 0. The monoisotopic (exact) mass is 326 g/mol. The van der Waals surface area contributed by atoms with E-state index in [1.54, 1.807) is 6.20 Å². The number of aromatic nitrogens is 1. The molecule has 1 fully saturated rings. The van der Waals surface area contributed by atoms with Gasteiger partial charge in [-0.2, -0.15) is 0 Å². The van der Waals surface area contributed by atoms with Crippen molar-refractivity contribution in [2.24, 2.45) is 0 Å². The van der Waals surface area contributed by atoms with Crippen LogP contribution in [0.2, 0.25) is 0 Å². The van der Waals surface area contributed by atoms with Crippen molar-refractivity contribution in [1.29, 1.82) is 0 Å². The second kappa shape index (κ2) is 7.68. The zero-order valence-electron chi connectivity index (χ0n) is 13.7. The van der Waals surface area contributed by atoms with Crippen molar-refractivity contribution in [1.82, 2.24) is 10.3 Å². The van der Waals surface area contributed by atoms with Gasteiger partial charge in [-0.05, 0) is 49.7 Å². The van der Waals surface area contributed by atoms with Gasteiger partial charge in [0, 0.05) is 31.0 Å². The molecule has 0 bridgehead atoms. The van der Waals surface area contributed by atoms with Crippen molar-refractivity contribution in [2.45, 2.75) is 19.4 Å². The molecule has 2 N–H and O–H groups in total. The van der Waals surface area contributed by atoms with E-state index in [2.05, 4.69) is 20.5 Å². The molecule has 1 aliphatic heterocycles. The molecule has 1 saturated heterocycles. The van der Waals surface area contributed by atoms with E-state index in [1.807, 2.05) is 49.4 Å². The molecule has 2 amide bonds. The predicted octanol–water partition coefficient (Wildman–Crippen LogP) is 2.88. The van der Waals surface area contributed by atoms with Gasteiger partial charge in [0.1, 0.15) is 11.6 Å². The van der Waals surface area contributed by atoms with Gasteiger partial charge in [0.25, 0.3) is 0 Å². The topological polar surface area (TPSA) is 66.5 Å². The summed E-state index contributed by atoms with van der Waals surface area (Å²) < 4.78 is 5.39. The zero-order valence-corrected chi connectivity index (χ0v) is 13.7. The van der Waals surface area contributed by atoms with E-state index in [0.717, 1.165) is 36.8 Å². The van der Waals surface area contributed by atoms with Crippen molar-refractivity contribution in [2.75, 3.05) is 29.9 Å². The van der Waals surface area contributed by atoms with Gasteiger partial charge in [0.05, 0.1) is 6.61 Å². The van der Waals surface area contributed by atoms with Crippen LogP contribution in [-0.2, 0) is 0 Å². The van der Waals surface area contributed by atoms with Crippen molar-refractivity contribution < 1.29 is 9.53 Å². The van der Waals surface area contributed by atoms with Crippen LogP contribution in [0.3, 0.4) is 0 Å². The number of benzene rings is 1. The van der Waals surface area contributed by atoms with Crippen LogP contribution in [0, 0.1) is 0 Å². The molecule has 0 radical (unpaired) electrons. The van der Waals surface area contributed by atoms with Crippen LogP contribution < -0.4 is 20.3 Å². The molecule has 6 nitrogen and oxygen atoms in total. The van der Waals surface area contributed by atoms with E-state index in [1.165, 1.54) is 0 Å². The fraction of sp³-hybridized carbons (Fsp3) is 0.333. The Kier molecular flexibility index (Phi) is 5.15. The summed E-state index contributed by atoms with van der Waals surface area (Å²) in [7, 11) is 0. The van der Waals surface area contributed by atoms with E-state index >= 15 is 0 Å². The third-order valence-electron chi connectivity index (χ3n) is 3.92. The number of anilines is 2. The lowest BCUT2D eigenvalue weighted by Gasteiger charge is -2.18. The number of hydrogen-bond donors (Lipinski definition) is 2. The molecule has 2 aromatic rings. The Balaban J connectivity index is 1.49. The molecule has 3 rings (SSSR count). The van der Waals surface area contributed by atoms with E-state index in [-0.39, 0.29) is 12.1 Å². The van der Waals surface area contributed by atoms with Gasteiger partial charge >= 0.3 is 6.03 Å². The number of rotatable bonds is 5. The highest BCUT2D eigenvalue weighted by Crippen LogP contribution is 2.18. The Bertz CT molecular complexity index is 660. The average molecular weight is 326 g/mol. The van der Waals surface area contributed by atoms with Gasteiger partial charge in [-0.25, -0.2) is 9.78 Å². The molecule has 24 heavy (non-hydrogen) atoms. The number of amides is 2. The van der Waals surface area contributed by atoms with Crippen LogP contribution in [0.15, 0.2) is 48.7 Å². The van der Waals surface area contributed by atoms with Crippen LogP contribution in [-0.4, -0.2) is 36.8 Å². The second-order valence-corrected chi connectivity index (χ2v) is 5.68. The van der Waals surface area contributed by atoms with E-state index in [4.69, 9.17) is 4.74 Å². The normalized spacial score (nSPS) is 16.7. The number of urea groups is 1. The van der Waals surface area contributed by atoms with Gasteiger partial charge in [-0.3, -0.25) is 0 Å². The molecule has 1 aromatic heterocycles. The highest BCUT2D eigenvalue weighted by atomic mass is 16.5. The summed E-state index contributed by atoms with van der Waals surface area (Å²) in [6.45, 7) is 4.23. The fourth-order valence-corrected chi connectivity index (χ4v) is 2.78. The van der Waals surface area contributed by atoms with E-state index < -0.39 is 0 Å². The summed E-state index contributed by atoms with van der Waals surface area (Å²) in [4.78, 5) is 18.7. The quantitative estimate of drug-likeness (QED) is 0.887. The minimum atomic E-state index is -0.188. The number of ether oxygens (including phenoxy) is 1. The maximum Gasteiger partial charge on any atom is 0.319 e. The molecular formula is C18H22N4O2. The Labute approximate surface area is 141 Å². The largest absolute Gasteiger partial charge is 0.494 e. The zero-order chi connectivity index (χ0) is 16.8. The van der Waals surface area contributed by atoms with Gasteiger partial charge < -0.3 is 20.3 Å². The maximum absolute atomic E-state index is 12.1. The summed E-state index contributed by atoms with van der Waals surface area (Å²) in [5, 5.41) is 5.87. The standard InChI is InChI=1S/C18H22N4O2/c1-2-24-16-8-6-14(7-9-16)20-18(23)21-15-10-12-22(13-15)17-5-3-4-11-19-17/h3-9,11,15H,2,10,12-13H2,1H3,(H2,20,21,23)/t15-/m0/s1. The molecular weight excluding hydrogens is 304 g/mol. The second-order valence-electron chi connectivity index (χ2n) is 5.68. The number of carbonyl (C=O) groups excluding carboxylic acids is 1. The lowest BCUT2D eigenvalue weighted by Crippen LogP contribution is -2.39. The molecule has 6 heteroatoms. The van der Waals surface area contributed by atoms with Crippen molar-refractivity contribution in [3.05, 3.63) is 48.7 Å². The number of nitrogens with one attached hydrogen (secondary N) is 2. The molecule has 2 heterocycles. The minimum absolute atomic E-state index is 0.120. The molecule has 126 valence electrons. The minimum Gasteiger partial charge on any atom is -0.494 e. The first-order valence-corrected chi connectivity index (χ1v) is 8.21. The van der Waals surface area contributed by atoms with Crippen LogP contribution in [0.1, 0.15) is 13.3 Å². The maximum atomic E-state index is 12.1. The Morgan fingerprint density at radius 1 is 1.29 bits per heavy atom. The van der Waals surface area contributed by atoms with Gasteiger partial charge in [0.2, 0.25) is 0 Å².